The topological polar surface area (TPSA) is 102 Å². The molecule has 78 valence electrons. The van der Waals surface area contributed by atoms with Crippen LogP contribution in [0.4, 0.5) is 5.82 Å². The first-order valence-electron chi connectivity index (χ1n) is 3.86. The molecule has 6 nitrogen and oxygen atoms in total. The van der Waals surface area contributed by atoms with Gasteiger partial charge in [0, 0.05) is 12.7 Å². The van der Waals surface area contributed by atoms with Crippen molar-refractivity contribution < 1.29 is 0 Å². The maximum absolute atomic E-state index is 5.14. The Labute approximate surface area is 99.2 Å². The van der Waals surface area contributed by atoms with Crippen LogP contribution in [0, 0.1) is 0 Å². The number of aliphatic imine (C=N–C) groups is 1. The van der Waals surface area contributed by atoms with Crippen molar-refractivity contribution >= 4 is 35.8 Å². The van der Waals surface area contributed by atoms with Gasteiger partial charge in [-0.2, -0.15) is 5.10 Å². The van der Waals surface area contributed by atoms with Crippen molar-refractivity contribution in [2.24, 2.45) is 16.5 Å². The van der Waals surface area contributed by atoms with E-state index in [4.69, 9.17) is 11.5 Å². The van der Waals surface area contributed by atoms with E-state index in [-0.39, 0.29) is 29.9 Å². The highest BCUT2D eigenvalue weighted by molar-refractivity contribution is 14.0. The number of anilines is 1. The standard InChI is InChI=1S/C7H12N6.HI/c8-7(9)11-5-4-10-6-2-1-3-12-13-6;/h1-3H,4-5H2,(H,10,13)(H4,8,9,11);1H. The lowest BCUT2D eigenvalue weighted by molar-refractivity contribution is 0.967. The zero-order valence-corrected chi connectivity index (χ0v) is 9.88. The van der Waals surface area contributed by atoms with Crippen molar-refractivity contribution in [3.63, 3.8) is 0 Å². The molecule has 14 heavy (non-hydrogen) atoms. The van der Waals surface area contributed by atoms with Gasteiger partial charge in [-0.25, -0.2) is 0 Å². The van der Waals surface area contributed by atoms with Crippen LogP contribution in [-0.2, 0) is 0 Å². The molecule has 0 amide bonds. The molecule has 0 saturated heterocycles. The highest BCUT2D eigenvalue weighted by atomic mass is 127. The van der Waals surface area contributed by atoms with Crippen molar-refractivity contribution in [3.05, 3.63) is 18.3 Å². The summed E-state index contributed by atoms with van der Waals surface area (Å²) in [6.07, 6.45) is 1.61. The van der Waals surface area contributed by atoms with Crippen molar-refractivity contribution in [2.75, 3.05) is 18.4 Å². The molecule has 1 aromatic heterocycles. The van der Waals surface area contributed by atoms with Gasteiger partial charge in [-0.05, 0) is 12.1 Å². The summed E-state index contributed by atoms with van der Waals surface area (Å²) in [5, 5.41) is 10.5. The number of halogens is 1. The minimum Gasteiger partial charge on any atom is -0.370 e. The van der Waals surface area contributed by atoms with Crippen molar-refractivity contribution in [1.82, 2.24) is 10.2 Å². The minimum atomic E-state index is 0. The molecule has 0 radical (unpaired) electrons. The van der Waals surface area contributed by atoms with Crippen molar-refractivity contribution in [2.45, 2.75) is 0 Å². The fourth-order valence-corrected chi connectivity index (χ4v) is 0.765. The predicted molar refractivity (Wildman–Crippen MR) is 66.6 cm³/mol. The molecule has 1 rings (SSSR count). The summed E-state index contributed by atoms with van der Waals surface area (Å²) in [7, 11) is 0. The molecule has 5 N–H and O–H groups in total. The van der Waals surface area contributed by atoms with Gasteiger partial charge in [-0.1, -0.05) is 0 Å². The molecule has 0 bridgehead atoms. The molecule has 0 saturated carbocycles. The van der Waals surface area contributed by atoms with E-state index in [2.05, 4.69) is 20.5 Å². The van der Waals surface area contributed by atoms with E-state index in [0.717, 1.165) is 0 Å². The molecule has 7 heteroatoms. The zero-order valence-electron chi connectivity index (χ0n) is 7.55. The van der Waals surface area contributed by atoms with Crippen LogP contribution in [0.5, 0.6) is 0 Å². The summed E-state index contributed by atoms with van der Waals surface area (Å²) in [6, 6.07) is 3.62. The van der Waals surface area contributed by atoms with E-state index < -0.39 is 0 Å². The first-order valence-corrected chi connectivity index (χ1v) is 3.86. The van der Waals surface area contributed by atoms with Gasteiger partial charge in [0.1, 0.15) is 5.82 Å². The molecule has 0 aliphatic heterocycles. The number of nitrogens with one attached hydrogen (secondary N) is 1. The molecule has 1 aromatic rings. The van der Waals surface area contributed by atoms with Crippen LogP contribution in [-0.4, -0.2) is 29.2 Å². The van der Waals surface area contributed by atoms with Crippen LogP contribution in [0.25, 0.3) is 0 Å². The molecule has 1 heterocycles. The van der Waals surface area contributed by atoms with Crippen LogP contribution in [0.3, 0.4) is 0 Å². The molecule has 0 atom stereocenters. The number of nitrogens with zero attached hydrogens (tertiary/aromatic N) is 3. The Morgan fingerprint density at radius 2 is 2.29 bits per heavy atom. The third kappa shape index (κ3) is 5.51. The van der Waals surface area contributed by atoms with E-state index in [0.29, 0.717) is 18.9 Å². The third-order valence-corrected chi connectivity index (χ3v) is 1.28. The molecular weight excluding hydrogens is 295 g/mol. The number of aromatic nitrogens is 2. The van der Waals surface area contributed by atoms with Gasteiger partial charge in [-0.3, -0.25) is 4.99 Å². The van der Waals surface area contributed by atoms with E-state index >= 15 is 0 Å². The summed E-state index contributed by atoms with van der Waals surface area (Å²) in [5.41, 5.74) is 10.3. The number of nitrogens with two attached hydrogens (primary N) is 2. The third-order valence-electron chi connectivity index (χ3n) is 1.28. The summed E-state index contributed by atoms with van der Waals surface area (Å²) < 4.78 is 0. The first kappa shape index (κ1) is 12.9. The van der Waals surface area contributed by atoms with E-state index in [9.17, 15) is 0 Å². The van der Waals surface area contributed by atoms with Crippen LogP contribution in [0.15, 0.2) is 23.3 Å². The van der Waals surface area contributed by atoms with E-state index in [1.54, 1.807) is 12.3 Å². The van der Waals surface area contributed by atoms with Gasteiger partial charge in [0.15, 0.2) is 5.96 Å². The molecule has 0 spiro atoms. The second-order valence-electron chi connectivity index (χ2n) is 2.34. The smallest absolute Gasteiger partial charge is 0.185 e. The molecule has 0 aromatic carbocycles. The fraction of sp³-hybridized carbons (Fsp3) is 0.286. The van der Waals surface area contributed by atoms with Crippen LogP contribution < -0.4 is 16.8 Å². The van der Waals surface area contributed by atoms with E-state index in [1.807, 2.05) is 6.07 Å². The normalized spacial score (nSPS) is 8.57. The Hall–Kier alpha value is -1.12. The second-order valence-corrected chi connectivity index (χ2v) is 2.34. The quantitative estimate of drug-likeness (QED) is 0.309. The summed E-state index contributed by atoms with van der Waals surface area (Å²) in [6.45, 7) is 1.16. The van der Waals surface area contributed by atoms with Gasteiger partial charge in [0.2, 0.25) is 0 Å². The first-order chi connectivity index (χ1) is 6.29. The van der Waals surface area contributed by atoms with E-state index in [1.165, 1.54) is 0 Å². The largest absolute Gasteiger partial charge is 0.370 e. The Balaban J connectivity index is 0.00000169. The average Bonchev–Trinajstić information content (AvgIpc) is 2.14. The van der Waals surface area contributed by atoms with Gasteiger partial charge in [0.05, 0.1) is 6.54 Å². The summed E-state index contributed by atoms with van der Waals surface area (Å²) in [4.78, 5) is 3.80. The van der Waals surface area contributed by atoms with Gasteiger partial charge in [-0.15, -0.1) is 29.1 Å². The maximum Gasteiger partial charge on any atom is 0.185 e. The van der Waals surface area contributed by atoms with Crippen LogP contribution >= 0.6 is 24.0 Å². The Kier molecular flexibility index (Phi) is 6.72. The lowest BCUT2D eigenvalue weighted by Crippen LogP contribution is -2.24. The molecule has 0 unspecified atom stereocenters. The predicted octanol–water partition coefficient (Wildman–Crippen LogP) is -0.220. The molecule has 0 fully saturated rings. The lowest BCUT2D eigenvalue weighted by Gasteiger charge is -2.00. The van der Waals surface area contributed by atoms with Gasteiger partial charge in [0.25, 0.3) is 0 Å². The molecule has 0 aliphatic carbocycles. The number of guanidine groups is 1. The van der Waals surface area contributed by atoms with Gasteiger partial charge < -0.3 is 16.8 Å². The minimum absolute atomic E-state index is 0. The highest BCUT2D eigenvalue weighted by Crippen LogP contribution is 1.95. The number of hydrogen-bond donors (Lipinski definition) is 3. The second kappa shape index (κ2) is 7.30. The lowest BCUT2D eigenvalue weighted by atomic mass is 10.5. The monoisotopic (exact) mass is 308 g/mol. The molecule has 0 aliphatic rings. The Morgan fingerprint density at radius 1 is 1.50 bits per heavy atom. The zero-order chi connectivity index (χ0) is 9.52. The van der Waals surface area contributed by atoms with Crippen molar-refractivity contribution in [1.29, 1.82) is 0 Å². The van der Waals surface area contributed by atoms with Crippen molar-refractivity contribution in [3.8, 4) is 0 Å². The average molecular weight is 308 g/mol. The number of hydrogen-bond acceptors (Lipinski definition) is 4. The van der Waals surface area contributed by atoms with Gasteiger partial charge >= 0.3 is 0 Å². The molecular formula is C7H13IN6. The van der Waals surface area contributed by atoms with Crippen LogP contribution in [0.2, 0.25) is 0 Å². The SMILES string of the molecule is I.NC(N)=NCCNc1cccnn1. The number of rotatable bonds is 4. The Morgan fingerprint density at radius 3 is 2.86 bits per heavy atom. The van der Waals surface area contributed by atoms with Crippen LogP contribution in [0.1, 0.15) is 0 Å². The Bertz CT molecular complexity index is 271. The summed E-state index contributed by atoms with van der Waals surface area (Å²) in [5.74, 6) is 0.814. The summed E-state index contributed by atoms with van der Waals surface area (Å²) >= 11 is 0. The fourth-order valence-electron chi connectivity index (χ4n) is 0.765. The highest BCUT2D eigenvalue weighted by Gasteiger charge is 1.89. The maximum atomic E-state index is 5.14.